The Balaban J connectivity index is 1.73. The quantitative estimate of drug-likeness (QED) is 0.931. The number of carboxylic acids is 1. The molecule has 0 fully saturated rings. The third-order valence-corrected chi connectivity index (χ3v) is 4.18. The van der Waals surface area contributed by atoms with E-state index in [1.807, 2.05) is 0 Å². The van der Waals surface area contributed by atoms with Crippen LogP contribution in [0, 0.1) is 13.8 Å². The van der Waals surface area contributed by atoms with E-state index >= 15 is 0 Å². The Morgan fingerprint density at radius 2 is 1.68 bits per heavy atom. The molecule has 0 radical (unpaired) electrons. The van der Waals surface area contributed by atoms with E-state index in [0.29, 0.717) is 13.1 Å². The lowest BCUT2D eigenvalue weighted by Gasteiger charge is -2.26. The predicted octanol–water partition coefficient (Wildman–Crippen LogP) is 2.72. The molecule has 0 saturated heterocycles. The van der Waals surface area contributed by atoms with Crippen molar-refractivity contribution in [1.29, 1.82) is 0 Å². The first-order valence-corrected chi connectivity index (χ1v) is 8.06. The van der Waals surface area contributed by atoms with E-state index in [0.717, 1.165) is 12.6 Å². The van der Waals surface area contributed by atoms with Crippen LogP contribution in [0.15, 0.2) is 36.7 Å². The van der Waals surface area contributed by atoms with Crippen LogP contribution in [-0.4, -0.2) is 44.9 Å². The van der Waals surface area contributed by atoms with Gasteiger partial charge in [-0.05, 0) is 31.4 Å². The molecule has 6 nitrogen and oxygen atoms in total. The van der Waals surface area contributed by atoms with Gasteiger partial charge in [-0.1, -0.05) is 35.4 Å². The van der Waals surface area contributed by atoms with E-state index in [9.17, 15) is 9.59 Å². The van der Waals surface area contributed by atoms with Gasteiger partial charge in [-0.25, -0.2) is 14.8 Å². The summed E-state index contributed by atoms with van der Waals surface area (Å²) >= 11 is 0. The predicted molar refractivity (Wildman–Crippen MR) is 93.4 cm³/mol. The molecule has 3 rings (SSSR count). The molecule has 2 aromatic rings. The van der Waals surface area contributed by atoms with Crippen LogP contribution in [0.25, 0.3) is 5.57 Å². The molecule has 1 aromatic heterocycles. The number of nitrogens with zero attached hydrogens (tertiary/aromatic N) is 3. The van der Waals surface area contributed by atoms with Gasteiger partial charge >= 0.3 is 5.97 Å². The molecule has 0 unspecified atom stereocenters. The molecule has 1 N–H and O–H groups in total. The normalized spacial score (nSPS) is 14.2. The highest BCUT2D eigenvalue weighted by atomic mass is 16.4. The molecule has 6 heteroatoms. The fourth-order valence-corrected chi connectivity index (χ4v) is 2.99. The van der Waals surface area contributed by atoms with Crippen molar-refractivity contribution in [3.63, 3.8) is 0 Å². The number of hydrogen-bond acceptors (Lipinski definition) is 4. The van der Waals surface area contributed by atoms with Crippen molar-refractivity contribution in [2.45, 2.75) is 20.3 Å². The van der Waals surface area contributed by atoms with Gasteiger partial charge in [-0.15, -0.1) is 0 Å². The molecule has 25 heavy (non-hydrogen) atoms. The van der Waals surface area contributed by atoms with Crippen molar-refractivity contribution in [1.82, 2.24) is 14.9 Å². The summed E-state index contributed by atoms with van der Waals surface area (Å²) in [6.45, 7) is 5.26. The summed E-state index contributed by atoms with van der Waals surface area (Å²) in [5.41, 5.74) is 4.88. The second kappa shape index (κ2) is 6.84. The van der Waals surface area contributed by atoms with E-state index in [1.54, 1.807) is 4.90 Å². The van der Waals surface area contributed by atoms with Crippen molar-refractivity contribution < 1.29 is 14.7 Å². The van der Waals surface area contributed by atoms with E-state index in [2.05, 4.69) is 48.1 Å². The summed E-state index contributed by atoms with van der Waals surface area (Å²) in [7, 11) is 0. The van der Waals surface area contributed by atoms with E-state index < -0.39 is 5.97 Å². The monoisotopic (exact) mass is 337 g/mol. The molecule has 0 bridgehead atoms. The van der Waals surface area contributed by atoms with Crippen LogP contribution in [0.3, 0.4) is 0 Å². The van der Waals surface area contributed by atoms with Gasteiger partial charge in [-0.3, -0.25) is 4.79 Å². The highest BCUT2D eigenvalue weighted by Gasteiger charge is 2.21. The molecular weight excluding hydrogens is 318 g/mol. The fraction of sp³-hybridized carbons (Fsp3) is 0.263. The van der Waals surface area contributed by atoms with E-state index in [1.165, 1.54) is 28.5 Å². The van der Waals surface area contributed by atoms with Gasteiger partial charge in [-0.2, -0.15) is 0 Å². The highest BCUT2D eigenvalue weighted by Crippen LogP contribution is 2.24. The lowest BCUT2D eigenvalue weighted by molar-refractivity contribution is 0.0686. The molecule has 0 spiro atoms. The van der Waals surface area contributed by atoms with Crippen molar-refractivity contribution in [3.05, 3.63) is 64.7 Å². The minimum absolute atomic E-state index is 0.160. The molecular formula is C19H19N3O3. The minimum atomic E-state index is -1.16. The largest absolute Gasteiger partial charge is 0.476 e. The molecule has 1 aliphatic heterocycles. The third-order valence-electron chi connectivity index (χ3n) is 4.18. The zero-order valence-electron chi connectivity index (χ0n) is 14.2. The first-order valence-electron chi connectivity index (χ1n) is 8.06. The second-order valence-electron chi connectivity index (χ2n) is 6.20. The third kappa shape index (κ3) is 3.74. The minimum Gasteiger partial charge on any atom is -0.476 e. The average Bonchev–Trinajstić information content (AvgIpc) is 2.60. The first-order chi connectivity index (χ1) is 11.9. The van der Waals surface area contributed by atoms with Crippen LogP contribution in [0.4, 0.5) is 0 Å². The number of carbonyl (C=O) groups excluding carboxylic acids is 1. The lowest BCUT2D eigenvalue weighted by atomic mass is 9.96. The number of rotatable bonds is 3. The van der Waals surface area contributed by atoms with Gasteiger partial charge in [0.05, 0.1) is 12.4 Å². The summed E-state index contributed by atoms with van der Waals surface area (Å²) in [6, 6.07) is 6.46. The zero-order chi connectivity index (χ0) is 18.0. The topological polar surface area (TPSA) is 83.4 Å². The van der Waals surface area contributed by atoms with E-state index in [-0.39, 0.29) is 17.3 Å². The maximum Gasteiger partial charge on any atom is 0.356 e. The van der Waals surface area contributed by atoms with Gasteiger partial charge in [0.1, 0.15) is 5.69 Å². The van der Waals surface area contributed by atoms with Crippen LogP contribution in [0.5, 0.6) is 0 Å². The number of hydrogen-bond donors (Lipinski definition) is 1. The Bertz CT molecular complexity index is 836. The molecule has 0 atom stereocenters. The number of aromatic carboxylic acids is 1. The first kappa shape index (κ1) is 16.8. The molecule has 0 saturated carbocycles. The van der Waals surface area contributed by atoms with Crippen molar-refractivity contribution in [2.75, 3.05) is 13.1 Å². The zero-order valence-corrected chi connectivity index (χ0v) is 14.2. The SMILES string of the molecule is Cc1cc(C)cc(C2=CCN(C(=O)c3cnc(C(=O)O)cn3)CC2)c1. The number of aromatic nitrogens is 2. The number of amides is 1. The van der Waals surface area contributed by atoms with Gasteiger partial charge in [0, 0.05) is 13.1 Å². The van der Waals surface area contributed by atoms with Crippen molar-refractivity contribution in [2.24, 2.45) is 0 Å². The Kier molecular flexibility index (Phi) is 4.61. The molecule has 128 valence electrons. The van der Waals surface area contributed by atoms with Gasteiger partial charge in [0.15, 0.2) is 5.69 Å². The standard InChI is InChI=1S/C19H19N3O3/c1-12-7-13(2)9-15(8-12)14-3-5-22(6-4-14)18(23)16-10-21-17(11-20-16)19(24)25/h3,7-11H,4-6H2,1-2H3,(H,24,25). The number of carboxylic acid groups (broad SMARTS) is 1. The lowest BCUT2D eigenvalue weighted by Crippen LogP contribution is -2.35. The van der Waals surface area contributed by atoms with Crippen LogP contribution in [0.1, 0.15) is 44.1 Å². The summed E-state index contributed by atoms with van der Waals surface area (Å²) in [6.07, 6.45) is 5.16. The van der Waals surface area contributed by atoms with Crippen molar-refractivity contribution >= 4 is 17.4 Å². The average molecular weight is 337 g/mol. The smallest absolute Gasteiger partial charge is 0.356 e. The molecule has 1 aliphatic rings. The Morgan fingerprint density at radius 3 is 2.20 bits per heavy atom. The Morgan fingerprint density at radius 1 is 1.04 bits per heavy atom. The van der Waals surface area contributed by atoms with Crippen LogP contribution in [-0.2, 0) is 0 Å². The van der Waals surface area contributed by atoms with Gasteiger partial charge in [0.25, 0.3) is 5.91 Å². The summed E-state index contributed by atoms with van der Waals surface area (Å²) in [5.74, 6) is -1.40. The summed E-state index contributed by atoms with van der Waals surface area (Å²) < 4.78 is 0. The maximum absolute atomic E-state index is 12.5. The van der Waals surface area contributed by atoms with Crippen molar-refractivity contribution in [3.8, 4) is 0 Å². The van der Waals surface area contributed by atoms with Crippen LogP contribution < -0.4 is 0 Å². The second-order valence-corrected chi connectivity index (χ2v) is 6.20. The van der Waals surface area contributed by atoms with Crippen LogP contribution >= 0.6 is 0 Å². The summed E-state index contributed by atoms with van der Waals surface area (Å²) in [4.78, 5) is 32.6. The number of aryl methyl sites for hydroxylation is 2. The highest BCUT2D eigenvalue weighted by molar-refractivity contribution is 5.93. The Labute approximate surface area is 145 Å². The van der Waals surface area contributed by atoms with Gasteiger partial charge in [0.2, 0.25) is 0 Å². The molecule has 0 aliphatic carbocycles. The Hall–Kier alpha value is -3.02. The van der Waals surface area contributed by atoms with Crippen LogP contribution in [0.2, 0.25) is 0 Å². The fourth-order valence-electron chi connectivity index (χ4n) is 2.99. The maximum atomic E-state index is 12.5. The summed E-state index contributed by atoms with van der Waals surface area (Å²) in [5, 5.41) is 8.83. The molecule has 2 heterocycles. The molecule has 1 amide bonds. The molecule has 1 aromatic carbocycles. The van der Waals surface area contributed by atoms with E-state index in [4.69, 9.17) is 5.11 Å². The number of benzene rings is 1. The number of carbonyl (C=O) groups is 2. The van der Waals surface area contributed by atoms with Gasteiger partial charge < -0.3 is 10.0 Å².